The van der Waals surface area contributed by atoms with Gasteiger partial charge >= 0.3 is 5.97 Å². The summed E-state index contributed by atoms with van der Waals surface area (Å²) in [6.07, 6.45) is 3.93. The topological polar surface area (TPSA) is 71.8 Å². The molecule has 0 unspecified atom stereocenters. The zero-order valence-corrected chi connectivity index (χ0v) is 17.1. The van der Waals surface area contributed by atoms with Crippen molar-refractivity contribution in [3.8, 4) is 0 Å². The fourth-order valence-electron chi connectivity index (χ4n) is 2.89. The molecule has 6 heteroatoms. The van der Waals surface area contributed by atoms with Crippen molar-refractivity contribution in [2.75, 3.05) is 27.7 Å². The summed E-state index contributed by atoms with van der Waals surface area (Å²) in [5, 5.41) is 2.92. The molecule has 2 rings (SSSR count). The predicted octanol–water partition coefficient (Wildman–Crippen LogP) is 3.37. The molecular weight excluding hydrogens is 356 g/mol. The van der Waals surface area contributed by atoms with Gasteiger partial charge in [-0.2, -0.15) is 0 Å². The van der Waals surface area contributed by atoms with Crippen LogP contribution in [0, 0.1) is 6.92 Å². The van der Waals surface area contributed by atoms with E-state index in [1.165, 1.54) is 24.8 Å². The predicted molar refractivity (Wildman–Crippen MR) is 109 cm³/mol. The molecule has 1 amide bonds. The van der Waals surface area contributed by atoms with Gasteiger partial charge in [0.25, 0.3) is 0 Å². The average Bonchev–Trinajstić information content (AvgIpc) is 3.06. The van der Waals surface area contributed by atoms with E-state index < -0.39 is 5.97 Å². The first-order valence-corrected chi connectivity index (χ1v) is 9.25. The molecule has 0 aliphatic carbocycles. The Morgan fingerprint density at radius 3 is 2.50 bits per heavy atom. The highest BCUT2D eigenvalue weighted by molar-refractivity contribution is 5.93. The maximum absolute atomic E-state index is 12.2. The molecule has 0 bridgehead atoms. The van der Waals surface area contributed by atoms with Crippen LogP contribution in [0.3, 0.4) is 0 Å². The number of rotatable bonds is 8. The molecule has 150 valence electrons. The summed E-state index contributed by atoms with van der Waals surface area (Å²) in [4.78, 5) is 25.9. The van der Waals surface area contributed by atoms with Gasteiger partial charge in [-0.1, -0.05) is 31.2 Å². The Balaban J connectivity index is 1.99. The number of benzene rings is 1. The SMILES string of the molecule is CCc1ccc([C@H](CNC(=O)/C=C/c2cc(C(=O)OC)c(C)o2)N(C)C)cc1. The number of amides is 1. The van der Waals surface area contributed by atoms with Gasteiger partial charge in [-0.25, -0.2) is 4.79 Å². The number of methoxy groups -OCH3 is 1. The summed E-state index contributed by atoms with van der Waals surface area (Å²) >= 11 is 0. The number of nitrogens with one attached hydrogen (secondary N) is 1. The van der Waals surface area contributed by atoms with Gasteiger partial charge < -0.3 is 19.4 Å². The first-order chi connectivity index (χ1) is 13.3. The van der Waals surface area contributed by atoms with E-state index in [2.05, 4.69) is 41.4 Å². The normalized spacial score (nSPS) is 12.4. The zero-order chi connectivity index (χ0) is 20.7. The maximum Gasteiger partial charge on any atom is 0.341 e. The lowest BCUT2D eigenvalue weighted by Crippen LogP contribution is -2.33. The van der Waals surface area contributed by atoms with Crippen LogP contribution in [0.15, 0.2) is 40.8 Å². The lowest BCUT2D eigenvalue weighted by Gasteiger charge is -2.25. The summed E-state index contributed by atoms with van der Waals surface area (Å²) in [5.74, 6) is 0.182. The van der Waals surface area contributed by atoms with Crippen molar-refractivity contribution < 1.29 is 18.7 Å². The molecule has 6 nitrogen and oxygen atoms in total. The van der Waals surface area contributed by atoms with Crippen LogP contribution >= 0.6 is 0 Å². The third-order valence-electron chi connectivity index (χ3n) is 4.61. The Hall–Kier alpha value is -2.86. The number of carbonyl (C=O) groups excluding carboxylic acids is 2. The molecule has 1 N–H and O–H groups in total. The quantitative estimate of drug-likeness (QED) is 0.558. The van der Waals surface area contributed by atoms with Crippen LogP contribution in [-0.2, 0) is 16.0 Å². The number of ether oxygens (including phenoxy) is 1. The van der Waals surface area contributed by atoms with Gasteiger partial charge in [-0.05, 0) is 50.7 Å². The summed E-state index contributed by atoms with van der Waals surface area (Å²) in [6.45, 7) is 4.28. The van der Waals surface area contributed by atoms with Gasteiger partial charge in [0.2, 0.25) is 5.91 Å². The molecular formula is C22H28N2O4. The third-order valence-corrected chi connectivity index (χ3v) is 4.61. The number of likely N-dealkylation sites (N-methyl/N-ethyl adjacent to an activating group) is 1. The Morgan fingerprint density at radius 1 is 1.25 bits per heavy atom. The monoisotopic (exact) mass is 384 g/mol. The third kappa shape index (κ3) is 5.57. The highest BCUT2D eigenvalue weighted by Crippen LogP contribution is 2.19. The molecule has 2 aromatic rings. The number of carbonyl (C=O) groups is 2. The highest BCUT2D eigenvalue weighted by atomic mass is 16.5. The summed E-state index contributed by atoms with van der Waals surface area (Å²) in [7, 11) is 5.29. The minimum Gasteiger partial charge on any atom is -0.465 e. The van der Waals surface area contributed by atoms with Crippen molar-refractivity contribution in [3.63, 3.8) is 0 Å². The lowest BCUT2D eigenvalue weighted by molar-refractivity contribution is -0.116. The molecule has 0 radical (unpaired) electrons. The first-order valence-electron chi connectivity index (χ1n) is 9.25. The Bertz CT molecular complexity index is 835. The minimum atomic E-state index is -0.465. The number of esters is 1. The first kappa shape index (κ1) is 21.4. The van der Waals surface area contributed by atoms with E-state index in [0.29, 0.717) is 23.6 Å². The fourth-order valence-corrected chi connectivity index (χ4v) is 2.89. The second-order valence-electron chi connectivity index (χ2n) is 6.76. The lowest BCUT2D eigenvalue weighted by atomic mass is 10.0. The van der Waals surface area contributed by atoms with Crippen molar-refractivity contribution >= 4 is 18.0 Å². The number of hydrogen-bond acceptors (Lipinski definition) is 5. The largest absolute Gasteiger partial charge is 0.465 e. The van der Waals surface area contributed by atoms with Crippen molar-refractivity contribution in [3.05, 3.63) is 64.6 Å². The standard InChI is InChI=1S/C22H28N2O4/c1-6-16-7-9-17(10-8-16)20(24(3)4)14-23-21(25)12-11-18-13-19(15(2)28-18)22(26)27-5/h7-13,20H,6,14H2,1-5H3,(H,23,25)/b12-11+/t20-/m0/s1. The molecule has 1 aromatic heterocycles. The van der Waals surface area contributed by atoms with Gasteiger partial charge in [0.1, 0.15) is 17.1 Å². The Morgan fingerprint density at radius 2 is 1.93 bits per heavy atom. The van der Waals surface area contributed by atoms with E-state index >= 15 is 0 Å². The van der Waals surface area contributed by atoms with Gasteiger partial charge in [-0.3, -0.25) is 4.79 Å². The van der Waals surface area contributed by atoms with Crippen molar-refractivity contribution in [2.24, 2.45) is 0 Å². The van der Waals surface area contributed by atoms with Crippen LogP contribution in [0.25, 0.3) is 6.08 Å². The fraction of sp³-hybridized carbons (Fsp3) is 0.364. The summed E-state index contributed by atoms with van der Waals surface area (Å²) in [5.41, 5.74) is 2.79. The number of nitrogens with zero attached hydrogens (tertiary/aromatic N) is 1. The molecule has 0 spiro atoms. The van der Waals surface area contributed by atoms with Crippen LogP contribution in [0.1, 0.15) is 46.0 Å². The van der Waals surface area contributed by atoms with Gasteiger partial charge in [-0.15, -0.1) is 0 Å². The van der Waals surface area contributed by atoms with Crippen molar-refractivity contribution in [1.82, 2.24) is 10.2 Å². The number of hydrogen-bond donors (Lipinski definition) is 1. The molecule has 1 heterocycles. The summed E-state index contributed by atoms with van der Waals surface area (Å²) < 4.78 is 10.2. The second kappa shape index (κ2) is 9.90. The van der Waals surface area contributed by atoms with Gasteiger partial charge in [0.05, 0.1) is 13.2 Å². The van der Waals surface area contributed by atoms with E-state index in [0.717, 1.165) is 12.0 Å². The van der Waals surface area contributed by atoms with Gasteiger partial charge in [0, 0.05) is 12.6 Å². The minimum absolute atomic E-state index is 0.0695. The van der Waals surface area contributed by atoms with Crippen LogP contribution in [0.4, 0.5) is 0 Å². The zero-order valence-electron chi connectivity index (χ0n) is 17.1. The molecule has 1 atom stereocenters. The Kier molecular flexibility index (Phi) is 7.58. The molecule has 1 aromatic carbocycles. The van der Waals surface area contributed by atoms with E-state index in [-0.39, 0.29) is 11.9 Å². The van der Waals surface area contributed by atoms with Gasteiger partial charge in [0.15, 0.2) is 0 Å². The van der Waals surface area contributed by atoms with Crippen LogP contribution in [0.2, 0.25) is 0 Å². The van der Waals surface area contributed by atoms with Crippen LogP contribution in [-0.4, -0.2) is 44.5 Å². The van der Waals surface area contributed by atoms with E-state index in [1.807, 2.05) is 14.1 Å². The van der Waals surface area contributed by atoms with E-state index in [1.54, 1.807) is 13.0 Å². The van der Waals surface area contributed by atoms with E-state index in [9.17, 15) is 9.59 Å². The van der Waals surface area contributed by atoms with Crippen LogP contribution in [0.5, 0.6) is 0 Å². The highest BCUT2D eigenvalue weighted by Gasteiger charge is 2.16. The van der Waals surface area contributed by atoms with Crippen LogP contribution < -0.4 is 5.32 Å². The number of aryl methyl sites for hydroxylation is 2. The molecule has 0 aliphatic rings. The molecule has 0 fully saturated rings. The smallest absolute Gasteiger partial charge is 0.341 e. The molecule has 28 heavy (non-hydrogen) atoms. The van der Waals surface area contributed by atoms with Crippen molar-refractivity contribution in [1.29, 1.82) is 0 Å². The summed E-state index contributed by atoms with van der Waals surface area (Å²) in [6, 6.07) is 10.1. The average molecular weight is 384 g/mol. The number of furan rings is 1. The molecule has 0 aliphatic heterocycles. The van der Waals surface area contributed by atoms with E-state index in [4.69, 9.17) is 9.15 Å². The maximum atomic E-state index is 12.2. The molecule has 0 saturated heterocycles. The second-order valence-corrected chi connectivity index (χ2v) is 6.76. The molecule has 0 saturated carbocycles. The van der Waals surface area contributed by atoms with Crippen molar-refractivity contribution in [2.45, 2.75) is 26.3 Å². The Labute approximate surface area is 166 Å².